The maximum absolute atomic E-state index is 13.0. The molecule has 1 N–H and O–H groups in total. The van der Waals surface area contributed by atoms with Crippen LogP contribution in [0.4, 0.5) is 4.39 Å². The number of ether oxygens (including phenoxy) is 2. The van der Waals surface area contributed by atoms with Crippen LogP contribution in [0, 0.1) is 5.82 Å². The summed E-state index contributed by atoms with van der Waals surface area (Å²) in [5.74, 6) is 0.194. The summed E-state index contributed by atoms with van der Waals surface area (Å²) in [4.78, 5) is 11.8. The van der Waals surface area contributed by atoms with Crippen molar-refractivity contribution in [3.8, 4) is 11.5 Å². The van der Waals surface area contributed by atoms with Crippen molar-refractivity contribution in [2.75, 3.05) is 13.7 Å². The molecule has 0 saturated carbocycles. The maximum Gasteiger partial charge on any atom is 0.258 e. The molecule has 6 heteroatoms. The normalized spacial score (nSPS) is 10.1. The summed E-state index contributed by atoms with van der Waals surface area (Å²) in [7, 11) is 1.54. The second-order valence-electron chi connectivity index (χ2n) is 4.48. The molecule has 1 amide bonds. The van der Waals surface area contributed by atoms with Crippen molar-refractivity contribution >= 4 is 17.5 Å². The van der Waals surface area contributed by atoms with Gasteiger partial charge in [-0.25, -0.2) is 4.39 Å². The van der Waals surface area contributed by atoms with Gasteiger partial charge in [0.15, 0.2) is 6.61 Å². The molecule has 2 rings (SSSR count). The topological polar surface area (TPSA) is 47.6 Å². The van der Waals surface area contributed by atoms with E-state index in [1.165, 1.54) is 18.2 Å². The Kier molecular flexibility index (Phi) is 5.61. The van der Waals surface area contributed by atoms with Gasteiger partial charge in [-0.1, -0.05) is 17.7 Å². The SMILES string of the molecule is COc1ccc(Cl)cc1CNC(=O)COc1cccc(F)c1. The van der Waals surface area contributed by atoms with Gasteiger partial charge < -0.3 is 14.8 Å². The van der Waals surface area contributed by atoms with Crippen molar-refractivity contribution in [2.45, 2.75) is 6.54 Å². The van der Waals surface area contributed by atoms with Gasteiger partial charge in [-0.2, -0.15) is 0 Å². The lowest BCUT2D eigenvalue weighted by Gasteiger charge is -2.11. The van der Waals surface area contributed by atoms with Crippen molar-refractivity contribution in [3.63, 3.8) is 0 Å². The predicted octanol–water partition coefficient (Wildman–Crippen LogP) is 3.18. The molecule has 2 aromatic carbocycles. The lowest BCUT2D eigenvalue weighted by molar-refractivity contribution is -0.123. The van der Waals surface area contributed by atoms with Crippen molar-refractivity contribution < 1.29 is 18.7 Å². The van der Waals surface area contributed by atoms with E-state index < -0.39 is 5.82 Å². The molecule has 0 aliphatic carbocycles. The van der Waals surface area contributed by atoms with Gasteiger partial charge >= 0.3 is 0 Å². The Morgan fingerprint density at radius 3 is 2.82 bits per heavy atom. The number of rotatable bonds is 6. The van der Waals surface area contributed by atoms with Gasteiger partial charge in [0.05, 0.1) is 7.11 Å². The van der Waals surface area contributed by atoms with E-state index in [4.69, 9.17) is 21.1 Å². The summed E-state index contributed by atoms with van der Waals surface area (Å²) >= 11 is 5.92. The average Bonchev–Trinajstić information content (AvgIpc) is 2.51. The average molecular weight is 324 g/mol. The Hall–Kier alpha value is -2.27. The van der Waals surface area contributed by atoms with Gasteiger partial charge in [-0.3, -0.25) is 4.79 Å². The first kappa shape index (κ1) is 16.1. The van der Waals surface area contributed by atoms with Crippen molar-refractivity contribution in [3.05, 3.63) is 58.9 Å². The summed E-state index contributed by atoms with van der Waals surface area (Å²) in [6, 6.07) is 10.8. The molecular weight excluding hydrogens is 309 g/mol. The number of amides is 1. The smallest absolute Gasteiger partial charge is 0.258 e. The molecule has 0 atom stereocenters. The standard InChI is InChI=1S/C16H15ClFNO3/c1-21-15-6-5-12(17)7-11(15)9-19-16(20)10-22-14-4-2-3-13(18)8-14/h2-8H,9-10H2,1H3,(H,19,20). The summed E-state index contributed by atoms with van der Waals surface area (Å²) in [6.45, 7) is 0.0570. The molecule has 0 saturated heterocycles. The first-order valence-corrected chi connectivity index (χ1v) is 6.94. The fourth-order valence-corrected chi connectivity index (χ4v) is 2.03. The van der Waals surface area contributed by atoms with Crippen LogP contribution in [0.5, 0.6) is 11.5 Å². The van der Waals surface area contributed by atoms with Gasteiger partial charge in [0, 0.05) is 23.2 Å². The highest BCUT2D eigenvalue weighted by Crippen LogP contribution is 2.22. The number of halogens is 2. The van der Waals surface area contributed by atoms with E-state index in [1.807, 2.05) is 0 Å². The quantitative estimate of drug-likeness (QED) is 0.888. The lowest BCUT2D eigenvalue weighted by atomic mass is 10.2. The van der Waals surface area contributed by atoms with Crippen molar-refractivity contribution in [2.24, 2.45) is 0 Å². The molecule has 0 spiro atoms. The van der Waals surface area contributed by atoms with Crippen LogP contribution in [0.15, 0.2) is 42.5 Å². The fraction of sp³-hybridized carbons (Fsp3) is 0.188. The Bertz CT molecular complexity index is 664. The summed E-state index contributed by atoms with van der Waals surface area (Å²) in [5, 5.41) is 3.25. The van der Waals surface area contributed by atoms with E-state index in [-0.39, 0.29) is 19.1 Å². The largest absolute Gasteiger partial charge is 0.496 e. The van der Waals surface area contributed by atoms with Crippen LogP contribution in [0.25, 0.3) is 0 Å². The first-order chi connectivity index (χ1) is 10.6. The first-order valence-electron chi connectivity index (χ1n) is 6.56. The molecule has 4 nitrogen and oxygen atoms in total. The highest BCUT2D eigenvalue weighted by atomic mass is 35.5. The van der Waals surface area contributed by atoms with E-state index in [0.29, 0.717) is 16.5 Å². The number of carbonyl (C=O) groups is 1. The number of benzene rings is 2. The van der Waals surface area contributed by atoms with Crippen LogP contribution in [-0.2, 0) is 11.3 Å². The zero-order valence-corrected chi connectivity index (χ0v) is 12.7. The molecule has 0 heterocycles. The number of hydrogen-bond donors (Lipinski definition) is 1. The third-order valence-corrected chi connectivity index (χ3v) is 3.12. The van der Waals surface area contributed by atoms with Crippen LogP contribution in [0.3, 0.4) is 0 Å². The zero-order valence-electron chi connectivity index (χ0n) is 11.9. The minimum Gasteiger partial charge on any atom is -0.496 e. The van der Waals surface area contributed by atoms with Gasteiger partial charge in [0.1, 0.15) is 17.3 Å². The van der Waals surface area contributed by atoms with Crippen LogP contribution in [0.2, 0.25) is 5.02 Å². The Balaban J connectivity index is 1.86. The summed E-state index contributed by atoms with van der Waals surface area (Å²) in [6.07, 6.45) is 0. The zero-order chi connectivity index (χ0) is 15.9. The Morgan fingerprint density at radius 2 is 2.09 bits per heavy atom. The minimum absolute atomic E-state index is 0.202. The van der Waals surface area contributed by atoms with Crippen LogP contribution in [-0.4, -0.2) is 19.6 Å². The highest BCUT2D eigenvalue weighted by molar-refractivity contribution is 6.30. The van der Waals surface area contributed by atoms with Gasteiger partial charge in [-0.15, -0.1) is 0 Å². The highest BCUT2D eigenvalue weighted by Gasteiger charge is 2.07. The second kappa shape index (κ2) is 7.66. The van der Waals surface area contributed by atoms with E-state index in [2.05, 4.69) is 5.32 Å². The van der Waals surface area contributed by atoms with Gasteiger partial charge in [0.25, 0.3) is 5.91 Å². The second-order valence-corrected chi connectivity index (χ2v) is 4.92. The third-order valence-electron chi connectivity index (χ3n) is 2.88. The Labute approximate surface area is 132 Å². The molecule has 22 heavy (non-hydrogen) atoms. The van der Waals surface area contributed by atoms with Crippen molar-refractivity contribution in [1.82, 2.24) is 5.32 Å². The van der Waals surface area contributed by atoms with Crippen LogP contribution in [0.1, 0.15) is 5.56 Å². The monoisotopic (exact) mass is 323 g/mol. The number of nitrogens with one attached hydrogen (secondary N) is 1. The van der Waals surface area contributed by atoms with E-state index in [1.54, 1.807) is 31.4 Å². The van der Waals surface area contributed by atoms with E-state index in [9.17, 15) is 9.18 Å². The fourth-order valence-electron chi connectivity index (χ4n) is 1.84. The Morgan fingerprint density at radius 1 is 1.27 bits per heavy atom. The lowest BCUT2D eigenvalue weighted by Crippen LogP contribution is -2.28. The molecule has 116 valence electrons. The molecule has 2 aromatic rings. The van der Waals surface area contributed by atoms with Crippen molar-refractivity contribution in [1.29, 1.82) is 0 Å². The number of methoxy groups -OCH3 is 1. The third kappa shape index (κ3) is 4.63. The number of hydrogen-bond acceptors (Lipinski definition) is 3. The van der Waals surface area contributed by atoms with E-state index in [0.717, 1.165) is 5.56 Å². The maximum atomic E-state index is 13.0. The van der Waals surface area contributed by atoms with Gasteiger partial charge in [-0.05, 0) is 30.3 Å². The molecule has 0 unspecified atom stereocenters. The van der Waals surface area contributed by atoms with E-state index >= 15 is 0 Å². The molecule has 0 radical (unpaired) electrons. The van der Waals surface area contributed by atoms with Crippen LogP contribution < -0.4 is 14.8 Å². The summed E-state index contributed by atoms with van der Waals surface area (Å²) < 4.78 is 23.4. The predicted molar refractivity (Wildman–Crippen MR) is 81.7 cm³/mol. The van der Waals surface area contributed by atoms with Crippen LogP contribution >= 0.6 is 11.6 Å². The summed E-state index contributed by atoms with van der Waals surface area (Å²) in [5.41, 5.74) is 0.758. The van der Waals surface area contributed by atoms with Gasteiger partial charge in [0.2, 0.25) is 0 Å². The molecule has 0 aromatic heterocycles. The molecule has 0 bridgehead atoms. The molecule has 0 fully saturated rings. The number of carbonyl (C=O) groups excluding carboxylic acids is 1. The molecule has 0 aliphatic rings. The molecular formula is C16H15ClFNO3. The minimum atomic E-state index is -0.415. The molecule has 0 aliphatic heterocycles.